The lowest BCUT2D eigenvalue weighted by atomic mass is 10.1. The summed E-state index contributed by atoms with van der Waals surface area (Å²) in [5, 5.41) is 12.6. The molecule has 7 nitrogen and oxygen atoms in total. The van der Waals surface area contributed by atoms with E-state index in [0.29, 0.717) is 23.4 Å². The molecular weight excluding hydrogens is 446 g/mol. The lowest BCUT2D eigenvalue weighted by Crippen LogP contribution is -2.23. The average molecular weight is 468 g/mol. The molecule has 0 unspecified atom stereocenters. The Balaban J connectivity index is 1.48. The Morgan fingerprint density at radius 1 is 1.00 bits per heavy atom. The van der Waals surface area contributed by atoms with Crippen LogP contribution in [0.3, 0.4) is 0 Å². The van der Waals surface area contributed by atoms with Crippen LogP contribution >= 0.6 is 11.3 Å². The Bertz CT molecular complexity index is 1340. The fraction of sp³-hybridized carbons (Fsp3) is 0.174. The van der Waals surface area contributed by atoms with Gasteiger partial charge in [-0.2, -0.15) is 0 Å². The molecule has 164 valence electrons. The summed E-state index contributed by atoms with van der Waals surface area (Å²) in [4.78, 5) is 12.0. The molecule has 0 saturated heterocycles. The highest BCUT2D eigenvalue weighted by Crippen LogP contribution is 2.33. The van der Waals surface area contributed by atoms with Crippen molar-refractivity contribution in [2.75, 3.05) is 6.54 Å². The van der Waals surface area contributed by atoms with Crippen LogP contribution in [0.2, 0.25) is 0 Å². The molecule has 0 aliphatic heterocycles. The Morgan fingerprint density at radius 2 is 1.75 bits per heavy atom. The van der Waals surface area contributed by atoms with Crippen LogP contribution in [0, 0.1) is 0 Å². The molecular formula is C23H21N3O4S2. The van der Waals surface area contributed by atoms with E-state index in [1.807, 2.05) is 43.3 Å². The zero-order valence-corrected chi connectivity index (χ0v) is 18.9. The summed E-state index contributed by atoms with van der Waals surface area (Å²) in [5.41, 5.74) is 1.05. The van der Waals surface area contributed by atoms with Crippen molar-refractivity contribution in [2.45, 2.75) is 23.4 Å². The zero-order chi connectivity index (χ0) is 22.6. The average Bonchev–Trinajstić information content (AvgIpc) is 3.28. The molecule has 9 heteroatoms. The lowest BCUT2D eigenvalue weighted by Gasteiger charge is -2.05. The SMILES string of the molecule is CCCNC(=O)c1ccc(CS(=O)(=O)c2nnc(Oc3cccc4ccccc34)s2)cc1. The monoisotopic (exact) mass is 467 g/mol. The van der Waals surface area contributed by atoms with Crippen molar-refractivity contribution >= 4 is 37.9 Å². The van der Waals surface area contributed by atoms with E-state index in [1.54, 1.807) is 30.3 Å². The smallest absolute Gasteiger partial charge is 0.300 e. The van der Waals surface area contributed by atoms with Gasteiger partial charge in [0.15, 0.2) is 0 Å². The van der Waals surface area contributed by atoms with Gasteiger partial charge < -0.3 is 10.1 Å². The normalized spacial score (nSPS) is 11.4. The van der Waals surface area contributed by atoms with Gasteiger partial charge in [-0.1, -0.05) is 60.6 Å². The molecule has 0 spiro atoms. The molecule has 1 aromatic heterocycles. The number of ether oxygens (including phenoxy) is 1. The third-order valence-electron chi connectivity index (χ3n) is 4.71. The molecule has 0 aliphatic carbocycles. The van der Waals surface area contributed by atoms with Crippen molar-refractivity contribution in [1.29, 1.82) is 0 Å². The highest BCUT2D eigenvalue weighted by atomic mass is 32.2. The Morgan fingerprint density at radius 3 is 2.53 bits per heavy atom. The minimum Gasteiger partial charge on any atom is -0.429 e. The molecule has 0 aliphatic rings. The van der Waals surface area contributed by atoms with E-state index < -0.39 is 9.84 Å². The predicted molar refractivity (Wildman–Crippen MR) is 124 cm³/mol. The number of nitrogens with zero attached hydrogens (tertiary/aromatic N) is 2. The minimum atomic E-state index is -3.71. The first-order valence-electron chi connectivity index (χ1n) is 10.1. The number of nitrogens with one attached hydrogen (secondary N) is 1. The first-order valence-corrected chi connectivity index (χ1v) is 12.5. The van der Waals surface area contributed by atoms with Crippen molar-refractivity contribution in [3.8, 4) is 10.9 Å². The number of fused-ring (bicyclic) bond motifs is 1. The zero-order valence-electron chi connectivity index (χ0n) is 17.3. The van der Waals surface area contributed by atoms with Crippen molar-refractivity contribution in [2.24, 2.45) is 0 Å². The van der Waals surface area contributed by atoms with Gasteiger partial charge in [0.05, 0.1) is 5.75 Å². The fourth-order valence-corrected chi connectivity index (χ4v) is 5.38. The Labute approximate surface area is 190 Å². The first-order chi connectivity index (χ1) is 15.5. The van der Waals surface area contributed by atoms with E-state index in [4.69, 9.17) is 4.74 Å². The third-order valence-corrected chi connectivity index (χ3v) is 7.64. The van der Waals surface area contributed by atoms with E-state index in [9.17, 15) is 13.2 Å². The van der Waals surface area contributed by atoms with Crippen LogP contribution in [0.5, 0.6) is 10.9 Å². The molecule has 1 heterocycles. The van der Waals surface area contributed by atoms with Gasteiger partial charge in [0, 0.05) is 17.5 Å². The summed E-state index contributed by atoms with van der Waals surface area (Å²) in [6.45, 7) is 2.56. The van der Waals surface area contributed by atoms with Crippen molar-refractivity contribution in [3.05, 3.63) is 77.9 Å². The third kappa shape index (κ3) is 4.95. The van der Waals surface area contributed by atoms with E-state index in [1.165, 1.54) is 0 Å². The molecule has 0 fully saturated rings. The quantitative estimate of drug-likeness (QED) is 0.407. The van der Waals surface area contributed by atoms with Crippen LogP contribution in [0.25, 0.3) is 10.8 Å². The van der Waals surface area contributed by atoms with Gasteiger partial charge in [0.25, 0.3) is 5.91 Å². The number of hydrogen-bond donors (Lipinski definition) is 1. The number of carbonyl (C=O) groups is 1. The van der Waals surface area contributed by atoms with Crippen LogP contribution in [0.1, 0.15) is 29.3 Å². The van der Waals surface area contributed by atoms with E-state index in [-0.39, 0.29) is 21.2 Å². The number of amides is 1. The number of aromatic nitrogens is 2. The molecule has 1 N–H and O–H groups in total. The molecule has 0 saturated carbocycles. The number of rotatable bonds is 8. The number of hydrogen-bond acceptors (Lipinski definition) is 7. The van der Waals surface area contributed by atoms with Crippen LogP contribution in [-0.4, -0.2) is 31.1 Å². The van der Waals surface area contributed by atoms with Gasteiger partial charge in [0.1, 0.15) is 5.75 Å². The first kappa shape index (κ1) is 21.9. The van der Waals surface area contributed by atoms with E-state index in [0.717, 1.165) is 28.5 Å². The topological polar surface area (TPSA) is 98.2 Å². The minimum absolute atomic E-state index is 0.113. The molecule has 32 heavy (non-hydrogen) atoms. The maximum Gasteiger partial charge on any atom is 0.300 e. The maximum absolute atomic E-state index is 12.8. The second-order valence-corrected chi connectivity index (χ2v) is 10.2. The summed E-state index contributed by atoms with van der Waals surface area (Å²) in [7, 11) is -3.71. The number of benzene rings is 3. The van der Waals surface area contributed by atoms with Crippen LogP contribution in [0.4, 0.5) is 0 Å². The highest BCUT2D eigenvalue weighted by Gasteiger charge is 2.22. The Hall–Kier alpha value is -3.30. The maximum atomic E-state index is 12.8. The van der Waals surface area contributed by atoms with Crippen LogP contribution < -0.4 is 10.1 Å². The van der Waals surface area contributed by atoms with Crippen LogP contribution in [-0.2, 0) is 15.6 Å². The van der Waals surface area contributed by atoms with Gasteiger partial charge >= 0.3 is 5.19 Å². The van der Waals surface area contributed by atoms with Gasteiger partial charge in [-0.05, 0) is 46.9 Å². The van der Waals surface area contributed by atoms with Crippen molar-refractivity contribution in [3.63, 3.8) is 0 Å². The second kappa shape index (κ2) is 9.46. The van der Waals surface area contributed by atoms with Crippen LogP contribution in [0.15, 0.2) is 71.1 Å². The summed E-state index contributed by atoms with van der Waals surface area (Å²) in [5.74, 6) is 0.160. The van der Waals surface area contributed by atoms with Gasteiger partial charge in [0.2, 0.25) is 14.2 Å². The summed E-state index contributed by atoms with van der Waals surface area (Å²) in [6, 6.07) is 19.9. The summed E-state index contributed by atoms with van der Waals surface area (Å²) < 4.78 is 31.3. The Kier molecular flexibility index (Phi) is 6.48. The standard InChI is InChI=1S/C23H21N3O4S2/c1-2-14-24-21(27)18-12-10-16(11-13-18)15-32(28,29)23-26-25-22(31-23)30-20-9-5-7-17-6-3-4-8-19(17)20/h3-13H,2,14-15H2,1H3,(H,24,27). The molecule has 4 rings (SSSR count). The fourth-order valence-electron chi connectivity index (χ4n) is 3.12. The largest absolute Gasteiger partial charge is 0.429 e. The molecule has 0 bridgehead atoms. The number of sulfone groups is 1. The highest BCUT2D eigenvalue weighted by molar-refractivity contribution is 7.92. The van der Waals surface area contributed by atoms with Gasteiger partial charge in [-0.3, -0.25) is 4.79 Å². The molecule has 3 aromatic carbocycles. The second-order valence-electron chi connectivity index (χ2n) is 7.13. The van der Waals surface area contributed by atoms with Crippen molar-refractivity contribution < 1.29 is 17.9 Å². The molecule has 0 atom stereocenters. The van der Waals surface area contributed by atoms with Crippen molar-refractivity contribution in [1.82, 2.24) is 15.5 Å². The lowest BCUT2D eigenvalue weighted by molar-refractivity contribution is 0.0953. The summed E-state index contributed by atoms with van der Waals surface area (Å²) >= 11 is 0.883. The number of carbonyl (C=O) groups excluding carboxylic acids is 1. The van der Waals surface area contributed by atoms with Gasteiger partial charge in [-0.15, -0.1) is 5.10 Å². The molecule has 0 radical (unpaired) electrons. The predicted octanol–water partition coefficient (Wildman–Crippen LogP) is 4.60. The van der Waals surface area contributed by atoms with E-state index >= 15 is 0 Å². The van der Waals surface area contributed by atoms with Gasteiger partial charge in [-0.25, -0.2) is 8.42 Å². The summed E-state index contributed by atoms with van der Waals surface area (Å²) in [6.07, 6.45) is 0.843. The molecule has 1 amide bonds. The van der Waals surface area contributed by atoms with E-state index in [2.05, 4.69) is 15.5 Å². The molecule has 4 aromatic rings.